The molecule has 1 aliphatic carbocycles. The molecule has 0 aromatic rings. The first-order valence-electron chi connectivity index (χ1n) is 3.36. The van der Waals surface area contributed by atoms with Gasteiger partial charge >= 0.3 is 0 Å². The smallest absolute Gasteiger partial charge is 0.140 e. The maximum atomic E-state index is 10.7. The number of carbonyl (C=O) groups excluding carboxylic acids is 2. The largest absolute Gasteiger partial charge is 0.396 e. The van der Waals surface area contributed by atoms with E-state index in [1.54, 1.807) is 0 Å². The minimum absolute atomic E-state index is 0.0321. The number of aliphatic hydroxyl groups excluding tert-OH is 1. The molecule has 0 aromatic carbocycles. The van der Waals surface area contributed by atoms with Gasteiger partial charge in [0.05, 0.1) is 6.42 Å². The molecule has 0 amide bonds. The molecule has 1 N–H and O–H groups in total. The second-order valence-corrected chi connectivity index (χ2v) is 2.71. The van der Waals surface area contributed by atoms with Crippen molar-refractivity contribution in [1.82, 2.24) is 0 Å². The van der Waals surface area contributed by atoms with Crippen LogP contribution >= 0.6 is 0 Å². The van der Waals surface area contributed by atoms with E-state index in [0.717, 1.165) is 0 Å². The highest BCUT2D eigenvalue weighted by Crippen LogP contribution is 2.17. The van der Waals surface area contributed by atoms with Crippen molar-refractivity contribution in [2.45, 2.75) is 19.3 Å². The molecule has 1 rings (SSSR count). The summed E-state index contributed by atoms with van der Waals surface area (Å²) >= 11 is 0. The minimum Gasteiger partial charge on any atom is -0.396 e. The van der Waals surface area contributed by atoms with Crippen molar-refractivity contribution in [2.75, 3.05) is 6.61 Å². The van der Waals surface area contributed by atoms with Crippen LogP contribution in [0.3, 0.4) is 0 Å². The fourth-order valence-corrected chi connectivity index (χ4v) is 1.21. The zero-order chi connectivity index (χ0) is 7.56. The summed E-state index contributed by atoms with van der Waals surface area (Å²) in [4.78, 5) is 21.4. The first kappa shape index (κ1) is 7.41. The maximum absolute atomic E-state index is 10.7. The van der Waals surface area contributed by atoms with Crippen molar-refractivity contribution in [3.63, 3.8) is 0 Å². The summed E-state index contributed by atoms with van der Waals surface area (Å²) in [6.07, 6.45) is 0.834. The normalized spacial score (nSPS) is 21.7. The lowest BCUT2D eigenvalue weighted by Crippen LogP contribution is -2.24. The van der Waals surface area contributed by atoms with E-state index >= 15 is 0 Å². The van der Waals surface area contributed by atoms with E-state index < -0.39 is 0 Å². The number of carbonyl (C=O) groups is 2. The number of ketones is 2. The summed E-state index contributed by atoms with van der Waals surface area (Å²) in [5, 5.41) is 8.62. The molecule has 3 nitrogen and oxygen atoms in total. The first-order valence-corrected chi connectivity index (χ1v) is 3.36. The molecule has 10 heavy (non-hydrogen) atoms. The fraction of sp³-hybridized carbons (Fsp3) is 0.714. The Morgan fingerprint density at radius 3 is 2.20 bits per heavy atom. The topological polar surface area (TPSA) is 54.4 Å². The van der Waals surface area contributed by atoms with Crippen LogP contribution in [0.2, 0.25) is 0 Å². The van der Waals surface area contributed by atoms with Crippen LogP contribution in [0.5, 0.6) is 0 Å². The van der Waals surface area contributed by atoms with E-state index in [-0.39, 0.29) is 30.5 Å². The molecule has 56 valence electrons. The van der Waals surface area contributed by atoms with Crippen LogP contribution in [-0.4, -0.2) is 23.3 Å². The minimum atomic E-state index is -0.103. The molecule has 0 radical (unpaired) electrons. The van der Waals surface area contributed by atoms with E-state index in [1.165, 1.54) is 0 Å². The van der Waals surface area contributed by atoms with Crippen molar-refractivity contribution >= 4 is 11.6 Å². The summed E-state index contributed by atoms with van der Waals surface area (Å²) in [5.74, 6) is -0.167. The van der Waals surface area contributed by atoms with E-state index in [2.05, 4.69) is 0 Å². The van der Waals surface area contributed by atoms with Gasteiger partial charge in [-0.05, 0) is 5.92 Å². The molecule has 1 fully saturated rings. The van der Waals surface area contributed by atoms with E-state index in [1.807, 2.05) is 0 Å². The molecule has 3 heteroatoms. The van der Waals surface area contributed by atoms with Crippen molar-refractivity contribution in [3.05, 3.63) is 0 Å². The summed E-state index contributed by atoms with van der Waals surface area (Å²) in [6, 6.07) is 0. The zero-order valence-corrected chi connectivity index (χ0v) is 5.67. The van der Waals surface area contributed by atoms with Gasteiger partial charge in [0.1, 0.15) is 11.6 Å². The Bertz CT molecular complexity index is 146. The van der Waals surface area contributed by atoms with Crippen molar-refractivity contribution in [1.29, 1.82) is 0 Å². The van der Waals surface area contributed by atoms with Crippen molar-refractivity contribution in [2.24, 2.45) is 5.92 Å². The molecule has 0 unspecified atom stereocenters. The van der Waals surface area contributed by atoms with Crippen molar-refractivity contribution in [3.8, 4) is 0 Å². The van der Waals surface area contributed by atoms with Crippen LogP contribution in [0.1, 0.15) is 19.3 Å². The standard InChI is InChI=1S/C7H10O3/c8-4-5-1-6(9)3-7(10)2-5/h5,8H,1-4H2. The van der Waals surface area contributed by atoms with Gasteiger partial charge in [-0.15, -0.1) is 0 Å². The number of Topliss-reactive ketones (excluding diaryl/α,β-unsaturated/α-hetero) is 2. The summed E-state index contributed by atoms with van der Waals surface area (Å²) < 4.78 is 0. The predicted molar refractivity (Wildman–Crippen MR) is 34.4 cm³/mol. The second kappa shape index (κ2) is 2.92. The lowest BCUT2D eigenvalue weighted by Gasteiger charge is -2.16. The number of aliphatic hydroxyl groups is 1. The van der Waals surface area contributed by atoms with Crippen LogP contribution in [-0.2, 0) is 9.59 Å². The molecule has 0 atom stereocenters. The Kier molecular flexibility index (Phi) is 2.17. The van der Waals surface area contributed by atoms with Gasteiger partial charge in [0.25, 0.3) is 0 Å². The first-order chi connectivity index (χ1) is 4.72. The van der Waals surface area contributed by atoms with Gasteiger partial charge in [0.2, 0.25) is 0 Å². The molecule has 0 heterocycles. The van der Waals surface area contributed by atoms with Crippen LogP contribution in [0.25, 0.3) is 0 Å². The number of hydrogen-bond donors (Lipinski definition) is 1. The molecule has 1 saturated carbocycles. The highest BCUT2D eigenvalue weighted by Gasteiger charge is 2.24. The van der Waals surface area contributed by atoms with Gasteiger partial charge in [0.15, 0.2) is 0 Å². The number of hydrogen-bond acceptors (Lipinski definition) is 3. The highest BCUT2D eigenvalue weighted by atomic mass is 16.3. The monoisotopic (exact) mass is 142 g/mol. The molecule has 0 aliphatic heterocycles. The van der Waals surface area contributed by atoms with Gasteiger partial charge in [-0.2, -0.15) is 0 Å². The Labute approximate surface area is 59.0 Å². The summed E-state index contributed by atoms with van der Waals surface area (Å²) in [5.41, 5.74) is 0. The second-order valence-electron chi connectivity index (χ2n) is 2.71. The molecule has 0 saturated heterocycles. The third-order valence-electron chi connectivity index (χ3n) is 1.69. The fourth-order valence-electron chi connectivity index (χ4n) is 1.21. The average Bonchev–Trinajstić information content (AvgIpc) is 1.85. The van der Waals surface area contributed by atoms with E-state index in [4.69, 9.17) is 5.11 Å². The van der Waals surface area contributed by atoms with Crippen LogP contribution in [0, 0.1) is 5.92 Å². The predicted octanol–water partition coefficient (Wildman–Crippen LogP) is -0.0830. The van der Waals surface area contributed by atoms with Gasteiger partial charge in [0, 0.05) is 19.4 Å². The van der Waals surface area contributed by atoms with Crippen LogP contribution < -0.4 is 0 Å². The molecule has 0 spiro atoms. The molecule has 1 aliphatic rings. The van der Waals surface area contributed by atoms with Crippen LogP contribution in [0.4, 0.5) is 0 Å². The van der Waals surface area contributed by atoms with Crippen LogP contribution in [0.15, 0.2) is 0 Å². The summed E-state index contributed by atoms with van der Waals surface area (Å²) in [7, 11) is 0. The maximum Gasteiger partial charge on any atom is 0.140 e. The average molecular weight is 142 g/mol. The lowest BCUT2D eigenvalue weighted by atomic mass is 9.88. The highest BCUT2D eigenvalue weighted by molar-refractivity contribution is 6.01. The Morgan fingerprint density at radius 2 is 1.80 bits per heavy atom. The van der Waals surface area contributed by atoms with E-state index in [9.17, 15) is 9.59 Å². The van der Waals surface area contributed by atoms with E-state index in [0.29, 0.717) is 12.8 Å². The Balaban J connectivity index is 2.50. The molecule has 0 bridgehead atoms. The lowest BCUT2D eigenvalue weighted by molar-refractivity contribution is -0.131. The number of rotatable bonds is 1. The third kappa shape index (κ3) is 1.64. The van der Waals surface area contributed by atoms with Gasteiger partial charge in [-0.25, -0.2) is 0 Å². The van der Waals surface area contributed by atoms with Gasteiger partial charge < -0.3 is 5.11 Å². The molecular weight excluding hydrogens is 132 g/mol. The zero-order valence-electron chi connectivity index (χ0n) is 5.67. The molecular formula is C7H10O3. The Hall–Kier alpha value is -0.700. The summed E-state index contributed by atoms with van der Waals surface area (Å²) in [6.45, 7) is -0.0442. The van der Waals surface area contributed by atoms with Crippen molar-refractivity contribution < 1.29 is 14.7 Å². The quantitative estimate of drug-likeness (QED) is 0.521. The van der Waals surface area contributed by atoms with Gasteiger partial charge in [-0.1, -0.05) is 0 Å². The molecule has 0 aromatic heterocycles. The Morgan fingerprint density at radius 1 is 1.30 bits per heavy atom. The SMILES string of the molecule is O=C1CC(=O)CC(CO)C1. The third-order valence-corrected chi connectivity index (χ3v) is 1.69. The van der Waals surface area contributed by atoms with Gasteiger partial charge in [-0.3, -0.25) is 9.59 Å².